The summed E-state index contributed by atoms with van der Waals surface area (Å²) in [6, 6.07) is 2.14. The summed E-state index contributed by atoms with van der Waals surface area (Å²) in [7, 11) is 0. The van der Waals surface area contributed by atoms with Crippen LogP contribution >= 0.6 is 0 Å². The average Bonchev–Trinajstić information content (AvgIpc) is 3.03. The van der Waals surface area contributed by atoms with Crippen molar-refractivity contribution in [2.45, 2.75) is 59.1 Å². The largest absolute Gasteiger partial charge is 0.466 e. The van der Waals surface area contributed by atoms with Crippen LogP contribution in [0.25, 0.3) is 0 Å². The summed E-state index contributed by atoms with van der Waals surface area (Å²) in [5.74, 6) is 2.12. The summed E-state index contributed by atoms with van der Waals surface area (Å²) in [5, 5.41) is 3.22. The maximum atomic E-state index is 12.4. The van der Waals surface area contributed by atoms with Gasteiger partial charge in [0.15, 0.2) is 0 Å². The number of rotatable bonds is 4. The van der Waals surface area contributed by atoms with Gasteiger partial charge in [0, 0.05) is 18.6 Å². The van der Waals surface area contributed by atoms with E-state index in [1.165, 1.54) is 0 Å². The lowest BCUT2D eigenvalue weighted by atomic mass is 9.74. The lowest BCUT2D eigenvalue weighted by molar-refractivity contribution is -0.124. The first-order chi connectivity index (χ1) is 9.89. The molecule has 1 fully saturated rings. The second-order valence-electron chi connectivity index (χ2n) is 7.18. The Morgan fingerprint density at radius 2 is 2.29 bits per heavy atom. The van der Waals surface area contributed by atoms with Gasteiger partial charge in [0.1, 0.15) is 11.5 Å². The summed E-state index contributed by atoms with van der Waals surface area (Å²) in [6.07, 6.45) is 2.87. The van der Waals surface area contributed by atoms with Crippen LogP contribution in [0, 0.1) is 18.3 Å². The monoisotopic (exact) mass is 291 g/mol. The summed E-state index contributed by atoms with van der Waals surface area (Å²) in [4.78, 5) is 12.4. The topological polar surface area (TPSA) is 51.5 Å². The highest BCUT2D eigenvalue weighted by molar-refractivity contribution is 5.82. The van der Waals surface area contributed by atoms with Crippen molar-refractivity contribution in [3.8, 4) is 0 Å². The predicted octanol–water partition coefficient (Wildman–Crippen LogP) is 3.14. The first-order valence-electron chi connectivity index (χ1n) is 7.91. The molecule has 4 heteroatoms. The molecule has 0 spiro atoms. The molecule has 3 rings (SSSR count). The van der Waals surface area contributed by atoms with Gasteiger partial charge in [-0.25, -0.2) is 0 Å². The smallest absolute Gasteiger partial charge is 0.226 e. The van der Waals surface area contributed by atoms with Gasteiger partial charge in [-0.3, -0.25) is 4.79 Å². The first-order valence-corrected chi connectivity index (χ1v) is 7.91. The molecule has 2 aliphatic rings. The van der Waals surface area contributed by atoms with E-state index in [0.29, 0.717) is 6.61 Å². The number of carbonyl (C=O) groups excluding carboxylic acids is 1. The second-order valence-corrected chi connectivity index (χ2v) is 7.18. The van der Waals surface area contributed by atoms with E-state index >= 15 is 0 Å². The molecule has 1 saturated carbocycles. The Kier molecular flexibility index (Phi) is 3.60. The molecule has 2 aliphatic carbocycles. The number of amides is 1. The standard InChI is InChI=1S/C17H25NO3/c1-5-20-14-7-12(14)16(19)18-13-8-17(3,4)9-15-11(13)6-10(2)21-15/h6,12-14H,5,7-9H2,1-4H3,(H,18,19). The number of fused-ring (bicyclic) bond motifs is 1. The van der Waals surface area contributed by atoms with Crippen molar-refractivity contribution < 1.29 is 13.9 Å². The van der Waals surface area contributed by atoms with Crippen LogP contribution in [-0.4, -0.2) is 18.6 Å². The molecule has 3 unspecified atom stereocenters. The summed E-state index contributed by atoms with van der Waals surface area (Å²) in [6.45, 7) is 9.07. The lowest BCUT2D eigenvalue weighted by Gasteiger charge is -2.34. The molecule has 1 heterocycles. The number of carbonyl (C=O) groups is 1. The maximum absolute atomic E-state index is 12.4. The zero-order chi connectivity index (χ0) is 15.2. The highest BCUT2D eigenvalue weighted by Gasteiger charge is 2.45. The van der Waals surface area contributed by atoms with Crippen LogP contribution in [0.3, 0.4) is 0 Å². The predicted molar refractivity (Wildman–Crippen MR) is 80.0 cm³/mol. The Hall–Kier alpha value is -1.29. The van der Waals surface area contributed by atoms with Gasteiger partial charge in [0.05, 0.1) is 18.1 Å². The van der Waals surface area contributed by atoms with Gasteiger partial charge in [0.25, 0.3) is 0 Å². The quantitative estimate of drug-likeness (QED) is 0.927. The van der Waals surface area contributed by atoms with Crippen molar-refractivity contribution in [1.82, 2.24) is 5.32 Å². The van der Waals surface area contributed by atoms with E-state index in [9.17, 15) is 4.79 Å². The summed E-state index contributed by atoms with van der Waals surface area (Å²) < 4.78 is 11.3. The fourth-order valence-electron chi connectivity index (χ4n) is 3.44. The summed E-state index contributed by atoms with van der Waals surface area (Å²) in [5.41, 5.74) is 1.31. The van der Waals surface area contributed by atoms with E-state index in [2.05, 4.69) is 25.2 Å². The molecule has 1 aromatic rings. The van der Waals surface area contributed by atoms with Crippen molar-refractivity contribution in [3.05, 3.63) is 23.2 Å². The molecule has 21 heavy (non-hydrogen) atoms. The van der Waals surface area contributed by atoms with Gasteiger partial charge < -0.3 is 14.5 Å². The third-order valence-corrected chi connectivity index (χ3v) is 4.50. The SMILES string of the molecule is CCOC1CC1C(=O)NC1CC(C)(C)Cc2oc(C)cc21. The number of nitrogens with one attached hydrogen (secondary N) is 1. The molecule has 0 radical (unpaired) electrons. The van der Waals surface area contributed by atoms with Gasteiger partial charge in [0.2, 0.25) is 5.91 Å². The second kappa shape index (κ2) is 5.16. The Morgan fingerprint density at radius 1 is 1.52 bits per heavy atom. The van der Waals surface area contributed by atoms with Crippen molar-refractivity contribution in [2.75, 3.05) is 6.61 Å². The van der Waals surface area contributed by atoms with E-state index in [0.717, 1.165) is 36.3 Å². The fourth-order valence-corrected chi connectivity index (χ4v) is 3.44. The van der Waals surface area contributed by atoms with Crippen LogP contribution in [0.5, 0.6) is 0 Å². The average molecular weight is 291 g/mol. The minimum atomic E-state index is 0.0337. The van der Waals surface area contributed by atoms with Crippen LogP contribution in [0.2, 0.25) is 0 Å². The minimum Gasteiger partial charge on any atom is -0.466 e. The van der Waals surface area contributed by atoms with E-state index in [1.54, 1.807) is 0 Å². The Bertz CT molecular complexity index is 546. The van der Waals surface area contributed by atoms with Gasteiger partial charge in [-0.15, -0.1) is 0 Å². The van der Waals surface area contributed by atoms with Crippen LogP contribution in [0.15, 0.2) is 10.5 Å². The van der Waals surface area contributed by atoms with Gasteiger partial charge in [-0.1, -0.05) is 13.8 Å². The van der Waals surface area contributed by atoms with E-state index < -0.39 is 0 Å². The molecular formula is C17H25NO3. The highest BCUT2D eigenvalue weighted by Crippen LogP contribution is 2.43. The molecule has 1 amide bonds. The maximum Gasteiger partial charge on any atom is 0.226 e. The Balaban J connectivity index is 1.71. The molecule has 116 valence electrons. The van der Waals surface area contributed by atoms with E-state index in [-0.39, 0.29) is 29.4 Å². The lowest BCUT2D eigenvalue weighted by Crippen LogP contribution is -2.37. The van der Waals surface area contributed by atoms with Gasteiger partial charge in [-0.05, 0) is 38.2 Å². The number of hydrogen-bond donors (Lipinski definition) is 1. The number of aryl methyl sites for hydroxylation is 1. The van der Waals surface area contributed by atoms with Crippen molar-refractivity contribution in [3.63, 3.8) is 0 Å². The van der Waals surface area contributed by atoms with E-state index in [4.69, 9.17) is 9.15 Å². The van der Waals surface area contributed by atoms with Crippen molar-refractivity contribution >= 4 is 5.91 Å². The van der Waals surface area contributed by atoms with Crippen LogP contribution < -0.4 is 5.32 Å². The molecule has 1 N–H and O–H groups in total. The molecule has 0 bridgehead atoms. The Morgan fingerprint density at radius 3 is 3.00 bits per heavy atom. The normalized spacial score (nSPS) is 29.8. The molecule has 4 nitrogen and oxygen atoms in total. The van der Waals surface area contributed by atoms with Crippen LogP contribution in [-0.2, 0) is 16.0 Å². The molecule has 1 aromatic heterocycles. The van der Waals surface area contributed by atoms with Crippen LogP contribution in [0.4, 0.5) is 0 Å². The summed E-state index contributed by atoms with van der Waals surface area (Å²) >= 11 is 0. The van der Waals surface area contributed by atoms with Crippen LogP contribution in [0.1, 0.15) is 56.7 Å². The van der Waals surface area contributed by atoms with Gasteiger partial charge in [-0.2, -0.15) is 0 Å². The molecular weight excluding hydrogens is 266 g/mol. The molecule has 0 aromatic carbocycles. The molecule has 3 atom stereocenters. The third-order valence-electron chi connectivity index (χ3n) is 4.50. The minimum absolute atomic E-state index is 0.0337. The third kappa shape index (κ3) is 3.00. The first kappa shape index (κ1) is 14.6. The highest BCUT2D eigenvalue weighted by atomic mass is 16.5. The zero-order valence-corrected chi connectivity index (χ0v) is 13.4. The van der Waals surface area contributed by atoms with Gasteiger partial charge >= 0.3 is 0 Å². The van der Waals surface area contributed by atoms with Crippen molar-refractivity contribution in [2.24, 2.45) is 11.3 Å². The number of hydrogen-bond acceptors (Lipinski definition) is 3. The fraction of sp³-hybridized carbons (Fsp3) is 0.706. The zero-order valence-electron chi connectivity index (χ0n) is 13.4. The molecule has 0 saturated heterocycles. The van der Waals surface area contributed by atoms with E-state index in [1.807, 2.05) is 13.8 Å². The molecule has 0 aliphatic heterocycles. The Labute approximate surface area is 126 Å². The van der Waals surface area contributed by atoms with Crippen molar-refractivity contribution in [1.29, 1.82) is 0 Å². The number of furan rings is 1. The number of ether oxygens (including phenoxy) is 1.